The van der Waals surface area contributed by atoms with Gasteiger partial charge in [-0.15, -0.1) is 0 Å². The fourth-order valence-electron chi connectivity index (χ4n) is 2.95. The Hall–Kier alpha value is -1.09. The quantitative estimate of drug-likeness (QED) is 0.892. The number of rotatable bonds is 3. The van der Waals surface area contributed by atoms with Crippen molar-refractivity contribution in [1.82, 2.24) is 4.98 Å². The second kappa shape index (κ2) is 5.70. The minimum absolute atomic E-state index is 0.0731. The van der Waals surface area contributed by atoms with E-state index in [9.17, 15) is 0 Å². The smallest absolute Gasteiger partial charge is 0.128 e. The van der Waals surface area contributed by atoms with Crippen LogP contribution in [0, 0.1) is 5.92 Å². The molecule has 0 saturated heterocycles. The van der Waals surface area contributed by atoms with Crippen molar-refractivity contribution in [1.29, 1.82) is 0 Å². The van der Waals surface area contributed by atoms with Gasteiger partial charge in [0.25, 0.3) is 0 Å². The van der Waals surface area contributed by atoms with Crippen LogP contribution in [0.4, 0.5) is 5.82 Å². The summed E-state index contributed by atoms with van der Waals surface area (Å²) in [7, 11) is 2.17. The molecule has 0 amide bonds. The van der Waals surface area contributed by atoms with Gasteiger partial charge in [0.05, 0.1) is 0 Å². The number of pyridine rings is 1. The van der Waals surface area contributed by atoms with E-state index in [1.165, 1.54) is 25.7 Å². The molecule has 0 radical (unpaired) electrons. The van der Waals surface area contributed by atoms with E-state index in [1.807, 2.05) is 19.2 Å². The number of nitrogens with two attached hydrogens (primary N) is 1. The zero-order valence-corrected chi connectivity index (χ0v) is 11.8. The molecule has 1 aromatic rings. The SMILES string of the molecule is CC1CCCCC1N(C)c1cc([C@@H](C)N)ccn1. The van der Waals surface area contributed by atoms with Gasteiger partial charge in [-0.2, -0.15) is 0 Å². The Morgan fingerprint density at radius 3 is 2.78 bits per heavy atom. The lowest BCUT2D eigenvalue weighted by molar-refractivity contribution is 0.320. The molecular formula is C15H25N3. The summed E-state index contributed by atoms with van der Waals surface area (Å²) in [6.07, 6.45) is 7.20. The average Bonchev–Trinajstić information content (AvgIpc) is 2.38. The Kier molecular flexibility index (Phi) is 4.23. The molecule has 100 valence electrons. The van der Waals surface area contributed by atoms with Gasteiger partial charge in [-0.05, 0) is 43.4 Å². The molecule has 2 N–H and O–H groups in total. The van der Waals surface area contributed by atoms with Crippen molar-refractivity contribution in [2.45, 2.75) is 51.6 Å². The van der Waals surface area contributed by atoms with Gasteiger partial charge in [0.2, 0.25) is 0 Å². The van der Waals surface area contributed by atoms with E-state index >= 15 is 0 Å². The van der Waals surface area contributed by atoms with Crippen molar-refractivity contribution in [3.63, 3.8) is 0 Å². The van der Waals surface area contributed by atoms with Crippen LogP contribution in [-0.4, -0.2) is 18.1 Å². The lowest BCUT2D eigenvalue weighted by Crippen LogP contribution is -2.39. The topological polar surface area (TPSA) is 42.1 Å². The maximum atomic E-state index is 5.94. The first-order chi connectivity index (χ1) is 8.59. The van der Waals surface area contributed by atoms with Gasteiger partial charge < -0.3 is 10.6 Å². The number of hydrogen-bond donors (Lipinski definition) is 1. The minimum Gasteiger partial charge on any atom is -0.356 e. The normalized spacial score (nSPS) is 25.8. The number of anilines is 1. The molecule has 1 saturated carbocycles. The highest BCUT2D eigenvalue weighted by Crippen LogP contribution is 2.30. The Bertz CT molecular complexity index is 389. The van der Waals surface area contributed by atoms with E-state index in [4.69, 9.17) is 5.73 Å². The number of nitrogens with zero attached hydrogens (tertiary/aromatic N) is 2. The van der Waals surface area contributed by atoms with Crippen LogP contribution < -0.4 is 10.6 Å². The monoisotopic (exact) mass is 247 g/mol. The molecule has 1 heterocycles. The van der Waals surface area contributed by atoms with E-state index in [-0.39, 0.29) is 6.04 Å². The predicted molar refractivity (Wildman–Crippen MR) is 76.7 cm³/mol. The number of hydrogen-bond acceptors (Lipinski definition) is 3. The van der Waals surface area contributed by atoms with Crippen LogP contribution in [0.3, 0.4) is 0 Å². The molecule has 1 aliphatic carbocycles. The third-order valence-electron chi connectivity index (χ3n) is 4.22. The van der Waals surface area contributed by atoms with Gasteiger partial charge in [0, 0.05) is 25.3 Å². The van der Waals surface area contributed by atoms with E-state index in [0.29, 0.717) is 6.04 Å². The standard InChI is InChI=1S/C15H25N3/c1-11-6-4-5-7-14(11)18(3)15-10-13(12(2)16)8-9-17-15/h8-12,14H,4-7,16H2,1-3H3/t11?,12-,14?/m1/s1. The van der Waals surface area contributed by atoms with Crippen LogP contribution in [0.2, 0.25) is 0 Å². The molecule has 1 aliphatic rings. The first kappa shape index (κ1) is 13.3. The van der Waals surface area contributed by atoms with Crippen LogP contribution >= 0.6 is 0 Å². The molecule has 0 bridgehead atoms. The van der Waals surface area contributed by atoms with Crippen molar-refractivity contribution in [3.05, 3.63) is 23.9 Å². The highest BCUT2D eigenvalue weighted by Gasteiger charge is 2.25. The molecular weight excluding hydrogens is 222 g/mol. The molecule has 18 heavy (non-hydrogen) atoms. The Morgan fingerprint density at radius 2 is 2.11 bits per heavy atom. The van der Waals surface area contributed by atoms with Gasteiger partial charge in [0.1, 0.15) is 5.82 Å². The van der Waals surface area contributed by atoms with Gasteiger partial charge in [-0.25, -0.2) is 4.98 Å². The lowest BCUT2D eigenvalue weighted by Gasteiger charge is -2.37. The number of aromatic nitrogens is 1. The molecule has 0 spiro atoms. The van der Waals surface area contributed by atoms with Crippen molar-refractivity contribution in [3.8, 4) is 0 Å². The summed E-state index contributed by atoms with van der Waals surface area (Å²) in [5.74, 6) is 1.81. The van der Waals surface area contributed by atoms with E-state index in [2.05, 4.69) is 29.9 Å². The first-order valence-corrected chi connectivity index (χ1v) is 7.04. The molecule has 1 aromatic heterocycles. The van der Waals surface area contributed by atoms with Gasteiger partial charge >= 0.3 is 0 Å². The molecule has 0 aromatic carbocycles. The second-order valence-electron chi connectivity index (χ2n) is 5.68. The summed E-state index contributed by atoms with van der Waals surface area (Å²) in [6.45, 7) is 4.37. The zero-order valence-electron chi connectivity index (χ0n) is 11.8. The summed E-state index contributed by atoms with van der Waals surface area (Å²) in [5.41, 5.74) is 7.10. The van der Waals surface area contributed by atoms with Crippen molar-refractivity contribution in [2.75, 3.05) is 11.9 Å². The van der Waals surface area contributed by atoms with Crippen LogP contribution in [0.25, 0.3) is 0 Å². The summed E-state index contributed by atoms with van der Waals surface area (Å²) < 4.78 is 0. The molecule has 3 nitrogen and oxygen atoms in total. The minimum atomic E-state index is 0.0731. The molecule has 3 heteroatoms. The highest BCUT2D eigenvalue weighted by molar-refractivity contribution is 5.42. The largest absolute Gasteiger partial charge is 0.356 e. The Morgan fingerprint density at radius 1 is 1.39 bits per heavy atom. The first-order valence-electron chi connectivity index (χ1n) is 7.04. The summed E-state index contributed by atoms with van der Waals surface area (Å²) in [4.78, 5) is 6.84. The third kappa shape index (κ3) is 2.83. The summed E-state index contributed by atoms with van der Waals surface area (Å²) >= 11 is 0. The van der Waals surface area contributed by atoms with Gasteiger partial charge in [-0.3, -0.25) is 0 Å². The van der Waals surface area contributed by atoms with Crippen molar-refractivity contribution < 1.29 is 0 Å². The lowest BCUT2D eigenvalue weighted by atomic mass is 9.85. The predicted octanol–water partition coefficient (Wildman–Crippen LogP) is 3.12. The van der Waals surface area contributed by atoms with E-state index in [1.54, 1.807) is 0 Å². The van der Waals surface area contributed by atoms with E-state index < -0.39 is 0 Å². The van der Waals surface area contributed by atoms with Crippen LogP contribution in [0.5, 0.6) is 0 Å². The second-order valence-corrected chi connectivity index (χ2v) is 5.68. The third-order valence-corrected chi connectivity index (χ3v) is 4.22. The average molecular weight is 247 g/mol. The van der Waals surface area contributed by atoms with Crippen LogP contribution in [0.1, 0.15) is 51.1 Å². The van der Waals surface area contributed by atoms with Gasteiger partial charge in [-0.1, -0.05) is 19.8 Å². The Balaban J connectivity index is 2.16. The van der Waals surface area contributed by atoms with Crippen LogP contribution in [-0.2, 0) is 0 Å². The summed E-state index contributed by atoms with van der Waals surface area (Å²) in [6, 6.07) is 4.83. The van der Waals surface area contributed by atoms with E-state index in [0.717, 1.165) is 17.3 Å². The fourth-order valence-corrected chi connectivity index (χ4v) is 2.95. The van der Waals surface area contributed by atoms with Crippen molar-refractivity contribution in [2.24, 2.45) is 11.7 Å². The molecule has 3 atom stereocenters. The Labute approximate surface area is 110 Å². The molecule has 0 aliphatic heterocycles. The highest BCUT2D eigenvalue weighted by atomic mass is 15.2. The fraction of sp³-hybridized carbons (Fsp3) is 0.667. The molecule has 2 unspecified atom stereocenters. The zero-order chi connectivity index (χ0) is 13.1. The summed E-state index contributed by atoms with van der Waals surface area (Å²) in [5, 5.41) is 0. The molecule has 2 rings (SSSR count). The van der Waals surface area contributed by atoms with Gasteiger partial charge in [0.15, 0.2) is 0 Å². The van der Waals surface area contributed by atoms with Crippen molar-refractivity contribution >= 4 is 5.82 Å². The maximum Gasteiger partial charge on any atom is 0.128 e. The van der Waals surface area contributed by atoms with Crippen LogP contribution in [0.15, 0.2) is 18.3 Å². The molecule has 1 fully saturated rings. The maximum absolute atomic E-state index is 5.94.